The van der Waals surface area contributed by atoms with Crippen molar-refractivity contribution in [3.63, 3.8) is 0 Å². The fraction of sp³-hybridized carbons (Fsp3) is 0.769. The Morgan fingerprint density at radius 2 is 1.74 bits per heavy atom. The van der Waals surface area contributed by atoms with Crippen molar-refractivity contribution < 1.29 is 24.2 Å². The van der Waals surface area contributed by atoms with Crippen LogP contribution in [0.5, 0.6) is 0 Å². The highest BCUT2D eigenvalue weighted by atomic mass is 16.6. The molecule has 0 unspecified atom stereocenters. The normalized spacial score (nSPS) is 12.9. The zero-order chi connectivity index (χ0) is 15.2. The molecule has 0 saturated heterocycles. The van der Waals surface area contributed by atoms with Crippen molar-refractivity contribution in [3.8, 4) is 0 Å². The standard InChI is InChI=1S/C13H23NO5/c1-8(2)10(6-9(15)7-11(16)17)14-12(18)19-13(3,4)5/h8,10H,6-7H2,1-5H3,(H,14,18)(H,16,17)/t10-/m1/s1. The summed E-state index contributed by atoms with van der Waals surface area (Å²) < 4.78 is 5.10. The predicted molar refractivity (Wildman–Crippen MR) is 69.9 cm³/mol. The van der Waals surface area contributed by atoms with E-state index in [-0.39, 0.29) is 12.3 Å². The maximum absolute atomic E-state index is 11.6. The lowest BCUT2D eigenvalue weighted by Gasteiger charge is -2.25. The van der Waals surface area contributed by atoms with E-state index < -0.39 is 35.9 Å². The molecule has 0 heterocycles. The van der Waals surface area contributed by atoms with Gasteiger partial charge < -0.3 is 15.2 Å². The summed E-state index contributed by atoms with van der Waals surface area (Å²) >= 11 is 0. The molecule has 0 bridgehead atoms. The first kappa shape index (κ1) is 17.4. The first-order chi connectivity index (χ1) is 8.51. The van der Waals surface area contributed by atoms with Crippen LogP contribution in [0.4, 0.5) is 4.79 Å². The quantitative estimate of drug-likeness (QED) is 0.722. The van der Waals surface area contributed by atoms with Crippen LogP contribution in [0.1, 0.15) is 47.5 Å². The highest BCUT2D eigenvalue weighted by Gasteiger charge is 2.24. The number of ketones is 1. The molecular formula is C13H23NO5. The maximum Gasteiger partial charge on any atom is 0.407 e. The van der Waals surface area contributed by atoms with Crippen LogP contribution in [-0.2, 0) is 14.3 Å². The Labute approximate surface area is 113 Å². The van der Waals surface area contributed by atoms with E-state index in [1.54, 1.807) is 20.8 Å². The minimum absolute atomic E-state index is 0.00487. The van der Waals surface area contributed by atoms with E-state index in [1.165, 1.54) is 0 Å². The molecule has 110 valence electrons. The number of amides is 1. The average Bonchev–Trinajstić information content (AvgIpc) is 2.11. The molecule has 0 aromatic rings. The van der Waals surface area contributed by atoms with Gasteiger partial charge in [-0.3, -0.25) is 9.59 Å². The van der Waals surface area contributed by atoms with Gasteiger partial charge in [-0.25, -0.2) is 4.79 Å². The van der Waals surface area contributed by atoms with E-state index in [4.69, 9.17) is 9.84 Å². The summed E-state index contributed by atoms with van der Waals surface area (Å²) in [4.78, 5) is 33.5. The molecule has 2 N–H and O–H groups in total. The molecule has 0 saturated carbocycles. The number of carbonyl (C=O) groups excluding carboxylic acids is 2. The van der Waals surface area contributed by atoms with Crippen LogP contribution < -0.4 is 5.32 Å². The number of alkyl carbamates (subject to hydrolysis) is 1. The third kappa shape index (κ3) is 9.04. The van der Waals surface area contributed by atoms with Crippen molar-refractivity contribution in [3.05, 3.63) is 0 Å². The second-order valence-electron chi connectivity index (χ2n) is 5.81. The number of hydrogen-bond donors (Lipinski definition) is 2. The number of carbonyl (C=O) groups is 3. The second kappa shape index (κ2) is 7.11. The van der Waals surface area contributed by atoms with Crippen molar-refractivity contribution in [2.75, 3.05) is 0 Å². The maximum atomic E-state index is 11.6. The van der Waals surface area contributed by atoms with Crippen LogP contribution in [0, 0.1) is 5.92 Å². The first-order valence-corrected chi connectivity index (χ1v) is 6.24. The topological polar surface area (TPSA) is 92.7 Å². The minimum Gasteiger partial charge on any atom is -0.481 e. The number of rotatable bonds is 6. The van der Waals surface area contributed by atoms with E-state index in [1.807, 2.05) is 13.8 Å². The van der Waals surface area contributed by atoms with Gasteiger partial charge in [0.1, 0.15) is 17.8 Å². The van der Waals surface area contributed by atoms with Crippen LogP contribution in [0.3, 0.4) is 0 Å². The fourth-order valence-corrected chi connectivity index (χ4v) is 1.40. The van der Waals surface area contributed by atoms with Gasteiger partial charge in [-0.1, -0.05) is 13.8 Å². The molecule has 0 fully saturated rings. The molecule has 0 aromatic carbocycles. The summed E-state index contributed by atoms with van der Waals surface area (Å²) in [5, 5.41) is 11.1. The van der Waals surface area contributed by atoms with E-state index >= 15 is 0 Å². The molecule has 0 spiro atoms. The lowest BCUT2D eigenvalue weighted by molar-refractivity contribution is -0.140. The largest absolute Gasteiger partial charge is 0.481 e. The number of Topliss-reactive ketones (excluding diaryl/α,β-unsaturated/α-hetero) is 1. The van der Waals surface area contributed by atoms with Crippen molar-refractivity contribution >= 4 is 17.8 Å². The van der Waals surface area contributed by atoms with Gasteiger partial charge in [-0.2, -0.15) is 0 Å². The Hall–Kier alpha value is -1.59. The molecule has 6 heteroatoms. The summed E-state index contributed by atoms with van der Waals surface area (Å²) in [6, 6.07) is -0.429. The van der Waals surface area contributed by atoms with E-state index in [0.29, 0.717) is 0 Å². The minimum atomic E-state index is -1.16. The Bertz CT molecular complexity index is 343. The SMILES string of the molecule is CC(C)[C@@H](CC(=O)CC(=O)O)NC(=O)OC(C)(C)C. The first-order valence-electron chi connectivity index (χ1n) is 6.24. The molecule has 0 aromatic heterocycles. The van der Waals surface area contributed by atoms with Crippen molar-refractivity contribution in [2.45, 2.75) is 59.1 Å². The molecule has 1 amide bonds. The summed E-state index contributed by atoms with van der Waals surface area (Å²) in [6.07, 6.45) is -1.14. The Balaban J connectivity index is 4.46. The Morgan fingerprint density at radius 1 is 1.21 bits per heavy atom. The van der Waals surface area contributed by atoms with Gasteiger partial charge in [0.15, 0.2) is 0 Å². The van der Waals surface area contributed by atoms with Crippen LogP contribution in [-0.4, -0.2) is 34.6 Å². The molecule has 19 heavy (non-hydrogen) atoms. The highest BCUT2D eigenvalue weighted by molar-refractivity contribution is 5.95. The van der Waals surface area contributed by atoms with Gasteiger partial charge in [0.2, 0.25) is 0 Å². The Kier molecular flexibility index (Phi) is 6.52. The summed E-state index contributed by atoms with van der Waals surface area (Å²) in [7, 11) is 0. The van der Waals surface area contributed by atoms with Gasteiger partial charge in [0.25, 0.3) is 0 Å². The molecule has 0 aliphatic carbocycles. The average molecular weight is 273 g/mol. The predicted octanol–water partition coefficient (Wildman–Crippen LogP) is 1.97. The number of carboxylic acid groups (broad SMARTS) is 1. The number of ether oxygens (including phenoxy) is 1. The third-order valence-electron chi connectivity index (χ3n) is 2.30. The molecular weight excluding hydrogens is 250 g/mol. The van der Waals surface area contributed by atoms with Gasteiger partial charge in [-0.05, 0) is 26.7 Å². The fourth-order valence-electron chi connectivity index (χ4n) is 1.40. The van der Waals surface area contributed by atoms with Crippen LogP contribution in [0.25, 0.3) is 0 Å². The number of hydrogen-bond acceptors (Lipinski definition) is 4. The number of carboxylic acids is 1. The zero-order valence-corrected chi connectivity index (χ0v) is 12.1. The van der Waals surface area contributed by atoms with Crippen LogP contribution in [0.2, 0.25) is 0 Å². The molecule has 6 nitrogen and oxygen atoms in total. The summed E-state index contributed by atoms with van der Waals surface area (Å²) in [6.45, 7) is 8.91. The van der Waals surface area contributed by atoms with E-state index in [2.05, 4.69) is 5.32 Å². The number of nitrogens with one attached hydrogen (secondary N) is 1. The molecule has 0 rings (SSSR count). The zero-order valence-electron chi connectivity index (χ0n) is 12.1. The second-order valence-corrected chi connectivity index (χ2v) is 5.81. The van der Waals surface area contributed by atoms with E-state index in [0.717, 1.165) is 0 Å². The smallest absolute Gasteiger partial charge is 0.407 e. The van der Waals surface area contributed by atoms with Crippen molar-refractivity contribution in [2.24, 2.45) is 5.92 Å². The Morgan fingerprint density at radius 3 is 2.11 bits per heavy atom. The molecule has 0 aliphatic heterocycles. The van der Waals surface area contributed by atoms with Crippen LogP contribution in [0.15, 0.2) is 0 Å². The molecule has 0 aliphatic rings. The third-order valence-corrected chi connectivity index (χ3v) is 2.30. The molecule has 1 atom stereocenters. The highest BCUT2D eigenvalue weighted by Crippen LogP contribution is 2.11. The van der Waals surface area contributed by atoms with Crippen molar-refractivity contribution in [1.82, 2.24) is 5.32 Å². The summed E-state index contributed by atoms with van der Waals surface area (Å²) in [5.41, 5.74) is -0.614. The van der Waals surface area contributed by atoms with Gasteiger partial charge in [0, 0.05) is 12.5 Å². The lowest BCUT2D eigenvalue weighted by Crippen LogP contribution is -2.43. The van der Waals surface area contributed by atoms with Crippen molar-refractivity contribution in [1.29, 1.82) is 0 Å². The molecule has 0 radical (unpaired) electrons. The van der Waals surface area contributed by atoms with Gasteiger partial charge in [-0.15, -0.1) is 0 Å². The van der Waals surface area contributed by atoms with Gasteiger partial charge in [0.05, 0.1) is 0 Å². The van der Waals surface area contributed by atoms with Gasteiger partial charge >= 0.3 is 12.1 Å². The number of aliphatic carboxylic acids is 1. The van der Waals surface area contributed by atoms with E-state index in [9.17, 15) is 14.4 Å². The summed E-state index contributed by atoms with van der Waals surface area (Å²) in [5.74, 6) is -1.57. The monoisotopic (exact) mass is 273 g/mol. The lowest BCUT2D eigenvalue weighted by atomic mass is 9.98. The van der Waals surface area contributed by atoms with Crippen LogP contribution >= 0.6 is 0 Å².